The van der Waals surface area contributed by atoms with Crippen molar-refractivity contribution in [1.82, 2.24) is 10.2 Å². The highest BCUT2D eigenvalue weighted by molar-refractivity contribution is 14.1. The highest BCUT2D eigenvalue weighted by Gasteiger charge is 2.60. The van der Waals surface area contributed by atoms with Crippen molar-refractivity contribution < 1.29 is 27.9 Å². The molecule has 0 saturated carbocycles. The second-order valence-corrected chi connectivity index (χ2v) is 12.9. The minimum absolute atomic E-state index is 0.184. The molecule has 0 radical (unpaired) electrons. The van der Waals surface area contributed by atoms with Crippen LogP contribution in [-0.4, -0.2) is 45.3 Å². The highest BCUT2D eigenvalue weighted by atomic mass is 127. The molecule has 1 fully saturated rings. The molecular formula is C30H28F3IN2O3S. The molecule has 5 rings (SSSR count). The molecular weight excluding hydrogens is 652 g/mol. The number of carbonyl (C=O) groups is 2. The van der Waals surface area contributed by atoms with Crippen LogP contribution in [0.15, 0.2) is 71.6 Å². The number of carbonyl (C=O) groups excluding carboxylic acids is 2. The van der Waals surface area contributed by atoms with Gasteiger partial charge in [-0.25, -0.2) is 0 Å². The van der Waals surface area contributed by atoms with Gasteiger partial charge < -0.3 is 15.3 Å². The molecule has 1 aliphatic carbocycles. The van der Waals surface area contributed by atoms with E-state index in [2.05, 4.69) is 27.9 Å². The average Bonchev–Trinajstić information content (AvgIpc) is 3.46. The summed E-state index contributed by atoms with van der Waals surface area (Å²) in [5.74, 6) is -1.10. The number of alkyl halides is 3. The van der Waals surface area contributed by atoms with Crippen molar-refractivity contribution in [3.8, 4) is 0 Å². The lowest BCUT2D eigenvalue weighted by Crippen LogP contribution is -2.51. The third-order valence-electron chi connectivity index (χ3n) is 7.54. The van der Waals surface area contributed by atoms with Crippen LogP contribution in [0.3, 0.4) is 0 Å². The lowest BCUT2D eigenvalue weighted by Gasteiger charge is -2.39. The first-order valence-electron chi connectivity index (χ1n) is 12.9. The number of fused-ring (bicyclic) bond motifs is 1. The summed E-state index contributed by atoms with van der Waals surface area (Å²) in [6.07, 6.45) is -3.66. The van der Waals surface area contributed by atoms with Crippen molar-refractivity contribution in [3.63, 3.8) is 0 Å². The molecule has 2 atom stereocenters. The Kier molecular flexibility index (Phi) is 8.22. The second kappa shape index (κ2) is 11.4. The van der Waals surface area contributed by atoms with Gasteiger partial charge in [0.2, 0.25) is 11.8 Å². The Morgan fingerprint density at radius 2 is 1.75 bits per heavy atom. The van der Waals surface area contributed by atoms with Crippen molar-refractivity contribution in [2.75, 3.05) is 6.54 Å². The molecule has 3 aromatic rings. The number of hydrogen-bond acceptors (Lipinski definition) is 4. The largest absolute Gasteiger partial charge is 0.405 e. The second-order valence-electron chi connectivity index (χ2n) is 10.3. The normalized spacial score (nSPS) is 21.1. The monoisotopic (exact) mass is 680 g/mol. The predicted octanol–water partition coefficient (Wildman–Crippen LogP) is 5.74. The smallest absolute Gasteiger partial charge is 0.392 e. The Morgan fingerprint density at radius 3 is 2.33 bits per heavy atom. The van der Waals surface area contributed by atoms with E-state index in [1.807, 2.05) is 55.5 Å². The minimum Gasteiger partial charge on any atom is -0.392 e. The predicted molar refractivity (Wildman–Crippen MR) is 156 cm³/mol. The van der Waals surface area contributed by atoms with Gasteiger partial charge in [0.05, 0.1) is 19.1 Å². The Bertz CT molecular complexity index is 1410. The van der Waals surface area contributed by atoms with Crippen molar-refractivity contribution in [2.24, 2.45) is 0 Å². The Hall–Kier alpha value is -2.57. The summed E-state index contributed by atoms with van der Waals surface area (Å²) in [6.45, 7) is 0.252. The van der Waals surface area contributed by atoms with E-state index in [0.29, 0.717) is 28.9 Å². The van der Waals surface area contributed by atoms with Gasteiger partial charge in [-0.1, -0.05) is 54.1 Å². The van der Waals surface area contributed by atoms with Gasteiger partial charge in [-0.15, -0.1) is 11.8 Å². The first-order valence-corrected chi connectivity index (χ1v) is 14.8. The zero-order valence-corrected chi connectivity index (χ0v) is 24.6. The van der Waals surface area contributed by atoms with E-state index >= 15 is 0 Å². The molecule has 2 N–H and O–H groups in total. The highest BCUT2D eigenvalue weighted by Crippen LogP contribution is 2.55. The molecule has 210 valence electrons. The first kappa shape index (κ1) is 28.9. The van der Waals surface area contributed by atoms with Gasteiger partial charge >= 0.3 is 6.18 Å². The quantitative estimate of drug-likeness (QED) is 0.313. The van der Waals surface area contributed by atoms with E-state index in [0.717, 1.165) is 32.0 Å². The van der Waals surface area contributed by atoms with Crippen molar-refractivity contribution >= 4 is 46.2 Å². The van der Waals surface area contributed by atoms with Crippen LogP contribution in [0, 0.1) is 10.5 Å². The summed E-state index contributed by atoms with van der Waals surface area (Å²) in [5, 5.41) is 11.8. The number of aliphatic hydroxyl groups excluding tert-OH is 1. The number of hydrogen-bond donors (Lipinski definition) is 2. The summed E-state index contributed by atoms with van der Waals surface area (Å²) >= 11 is 3.26. The number of amides is 2. The van der Waals surface area contributed by atoms with Crippen LogP contribution in [0.5, 0.6) is 0 Å². The molecule has 1 aliphatic heterocycles. The summed E-state index contributed by atoms with van der Waals surface area (Å²) < 4.78 is 39.0. The average molecular weight is 681 g/mol. The fourth-order valence-corrected chi connectivity index (χ4v) is 7.99. The zero-order chi connectivity index (χ0) is 28.7. The number of rotatable bonds is 7. The third-order valence-corrected chi connectivity index (χ3v) is 9.90. The number of nitrogens with zero attached hydrogens (tertiary/aromatic N) is 1. The molecule has 2 aliphatic rings. The topological polar surface area (TPSA) is 69.6 Å². The molecule has 40 heavy (non-hydrogen) atoms. The number of aryl methyl sites for hydroxylation is 1. The summed E-state index contributed by atoms with van der Waals surface area (Å²) in [4.78, 5) is 30.4. The maximum atomic E-state index is 14.0. The van der Waals surface area contributed by atoms with Crippen molar-refractivity contribution in [3.05, 3.63) is 98.1 Å². The molecule has 5 nitrogen and oxygen atoms in total. The summed E-state index contributed by atoms with van der Waals surface area (Å²) in [5.41, 5.74) is 4.57. The van der Waals surface area contributed by atoms with Gasteiger partial charge in [0, 0.05) is 14.5 Å². The number of nitrogens with one attached hydrogen (secondary N) is 1. The maximum absolute atomic E-state index is 14.0. The van der Waals surface area contributed by atoms with E-state index in [-0.39, 0.29) is 25.0 Å². The molecule has 0 bridgehead atoms. The fourth-order valence-electron chi connectivity index (χ4n) is 5.71. The van der Waals surface area contributed by atoms with E-state index in [4.69, 9.17) is 0 Å². The van der Waals surface area contributed by atoms with Crippen LogP contribution in [0.25, 0.3) is 0 Å². The lowest BCUT2D eigenvalue weighted by molar-refractivity contribution is -0.140. The van der Waals surface area contributed by atoms with E-state index in [1.165, 1.54) is 0 Å². The third kappa shape index (κ3) is 5.75. The van der Waals surface area contributed by atoms with E-state index in [1.54, 1.807) is 23.1 Å². The SMILES string of the molecule is Cc1ccc(S[C@]2(C(=O)NCC(F)(F)F)CC(=O)N(C3Cc4ccccc4C3)[C@@H]2c2ccc(CO)cc2I)cc1. The molecule has 10 heteroatoms. The van der Waals surface area contributed by atoms with Gasteiger partial charge in [-0.3, -0.25) is 9.59 Å². The Balaban J connectivity index is 1.65. The number of thioether (sulfide) groups is 1. The number of aliphatic hydroxyl groups is 1. The van der Waals surface area contributed by atoms with E-state index in [9.17, 15) is 27.9 Å². The minimum atomic E-state index is -4.60. The molecule has 0 aromatic heterocycles. The van der Waals surface area contributed by atoms with Crippen LogP contribution < -0.4 is 5.32 Å². The van der Waals surface area contributed by atoms with Gasteiger partial charge in [-0.2, -0.15) is 13.2 Å². The summed E-state index contributed by atoms with van der Waals surface area (Å²) in [6, 6.07) is 19.6. The van der Waals surface area contributed by atoms with Gasteiger partial charge in [-0.05, 0) is 82.8 Å². The van der Waals surface area contributed by atoms with Gasteiger partial charge in [0.25, 0.3) is 0 Å². The first-order chi connectivity index (χ1) is 19.0. The standard InChI is InChI=1S/C30H28F3IN2O3S/c1-18-6-9-23(10-7-18)40-29(28(39)35-17-30(31,32)33)15-26(38)36(22-13-20-4-2-3-5-21(20)14-22)27(29)24-11-8-19(16-37)12-25(24)34/h2-12,22,27,37H,13-17H2,1H3,(H,35,39)/t27-,29-/m1/s1. The van der Waals surface area contributed by atoms with Crippen LogP contribution in [-0.2, 0) is 29.0 Å². The molecule has 1 heterocycles. The van der Waals surface area contributed by atoms with Gasteiger partial charge in [0.15, 0.2) is 0 Å². The number of likely N-dealkylation sites (tertiary alicyclic amines) is 1. The molecule has 0 spiro atoms. The van der Waals surface area contributed by atoms with Crippen LogP contribution >= 0.6 is 34.4 Å². The molecule has 2 amide bonds. The zero-order valence-electron chi connectivity index (χ0n) is 21.7. The fraction of sp³-hybridized carbons (Fsp3) is 0.333. The van der Waals surface area contributed by atoms with Gasteiger partial charge in [0.1, 0.15) is 11.3 Å². The number of benzene rings is 3. The molecule has 3 aromatic carbocycles. The molecule has 0 unspecified atom stereocenters. The Morgan fingerprint density at radius 1 is 1.10 bits per heavy atom. The van der Waals surface area contributed by atoms with Crippen molar-refractivity contribution in [2.45, 2.75) is 60.7 Å². The summed E-state index contributed by atoms with van der Waals surface area (Å²) in [7, 11) is 0. The maximum Gasteiger partial charge on any atom is 0.405 e. The Labute approximate surface area is 248 Å². The van der Waals surface area contributed by atoms with Crippen LogP contribution in [0.2, 0.25) is 0 Å². The lowest BCUT2D eigenvalue weighted by atomic mass is 9.90. The van der Waals surface area contributed by atoms with E-state index < -0.39 is 29.4 Å². The number of halogens is 4. The molecule has 1 saturated heterocycles. The van der Waals surface area contributed by atoms with Crippen molar-refractivity contribution in [1.29, 1.82) is 0 Å². The van der Waals surface area contributed by atoms with Crippen LogP contribution in [0.1, 0.15) is 40.3 Å². The van der Waals surface area contributed by atoms with Crippen LogP contribution in [0.4, 0.5) is 13.2 Å².